The van der Waals surface area contributed by atoms with Crippen molar-refractivity contribution in [3.05, 3.63) is 75.9 Å². The standard InChI is InChI=1S/C22H17BrClN7O/c23-17-13-28-31-20(11-19(30-21(17)31)16-6-1-2-7-18(16)24)26-8-9-27-22(32)29-15-5-3-4-14(10-15)12-25/h1-7,10-11,13,26H,8-9H2,(H2,27,29,32). The lowest BCUT2D eigenvalue weighted by molar-refractivity contribution is 0.252. The van der Waals surface area contributed by atoms with Crippen LogP contribution < -0.4 is 16.0 Å². The fraction of sp³-hybridized carbons (Fsp3) is 0.0909. The molecule has 0 fully saturated rings. The Kier molecular flexibility index (Phi) is 6.54. The van der Waals surface area contributed by atoms with E-state index in [2.05, 4.69) is 42.0 Å². The number of benzene rings is 2. The van der Waals surface area contributed by atoms with Gasteiger partial charge < -0.3 is 16.0 Å². The van der Waals surface area contributed by atoms with Crippen LogP contribution in [0.2, 0.25) is 5.02 Å². The van der Waals surface area contributed by atoms with Gasteiger partial charge in [0.05, 0.1) is 28.0 Å². The Labute approximate surface area is 197 Å². The summed E-state index contributed by atoms with van der Waals surface area (Å²) in [6.45, 7) is 0.807. The van der Waals surface area contributed by atoms with E-state index in [1.807, 2.05) is 36.4 Å². The maximum Gasteiger partial charge on any atom is 0.319 e. The SMILES string of the molecule is N#Cc1cccc(NC(=O)NCCNc2cc(-c3ccccc3Cl)nc3c(Br)cnn23)c1. The van der Waals surface area contributed by atoms with Gasteiger partial charge in [0.1, 0.15) is 5.82 Å². The van der Waals surface area contributed by atoms with E-state index >= 15 is 0 Å². The van der Waals surface area contributed by atoms with Gasteiger partial charge in [-0.2, -0.15) is 14.9 Å². The first-order valence-corrected chi connectivity index (χ1v) is 10.8. The summed E-state index contributed by atoms with van der Waals surface area (Å²) >= 11 is 9.83. The second-order valence-electron chi connectivity index (χ2n) is 6.73. The molecule has 160 valence electrons. The zero-order valence-corrected chi connectivity index (χ0v) is 19.0. The average molecular weight is 511 g/mol. The number of hydrogen-bond donors (Lipinski definition) is 3. The normalized spacial score (nSPS) is 10.5. The highest BCUT2D eigenvalue weighted by molar-refractivity contribution is 9.10. The molecule has 0 aliphatic heterocycles. The van der Waals surface area contributed by atoms with Crippen LogP contribution in [0.1, 0.15) is 5.56 Å². The molecule has 2 aromatic heterocycles. The smallest absolute Gasteiger partial charge is 0.319 e. The molecular formula is C22H17BrClN7O. The third-order valence-corrected chi connectivity index (χ3v) is 5.43. The largest absolute Gasteiger partial charge is 0.368 e. The number of fused-ring (bicyclic) bond motifs is 1. The van der Waals surface area contributed by atoms with Crippen LogP contribution in [0.25, 0.3) is 16.9 Å². The van der Waals surface area contributed by atoms with E-state index in [0.29, 0.717) is 46.5 Å². The molecule has 0 aliphatic carbocycles. The van der Waals surface area contributed by atoms with Gasteiger partial charge in [-0.05, 0) is 40.2 Å². The highest BCUT2D eigenvalue weighted by Gasteiger charge is 2.13. The van der Waals surface area contributed by atoms with Crippen molar-refractivity contribution in [1.82, 2.24) is 19.9 Å². The van der Waals surface area contributed by atoms with Gasteiger partial charge in [-0.3, -0.25) is 0 Å². The van der Waals surface area contributed by atoms with Crippen LogP contribution >= 0.6 is 27.5 Å². The first-order valence-electron chi connectivity index (χ1n) is 9.63. The van der Waals surface area contributed by atoms with Crippen molar-refractivity contribution in [2.24, 2.45) is 0 Å². The number of carbonyl (C=O) groups is 1. The van der Waals surface area contributed by atoms with Crippen LogP contribution in [-0.4, -0.2) is 33.7 Å². The molecule has 0 unspecified atom stereocenters. The molecule has 0 radical (unpaired) electrons. The minimum atomic E-state index is -0.361. The van der Waals surface area contributed by atoms with Crippen molar-refractivity contribution in [3.63, 3.8) is 0 Å². The Morgan fingerprint density at radius 3 is 2.81 bits per heavy atom. The van der Waals surface area contributed by atoms with Gasteiger partial charge in [-0.1, -0.05) is 35.9 Å². The van der Waals surface area contributed by atoms with Crippen molar-refractivity contribution in [1.29, 1.82) is 5.26 Å². The summed E-state index contributed by atoms with van der Waals surface area (Å²) in [5, 5.41) is 22.7. The van der Waals surface area contributed by atoms with E-state index < -0.39 is 0 Å². The van der Waals surface area contributed by atoms with E-state index in [1.54, 1.807) is 35.0 Å². The first kappa shape index (κ1) is 21.6. The molecule has 2 aromatic carbocycles. The number of halogens is 2. The summed E-state index contributed by atoms with van der Waals surface area (Å²) in [5.74, 6) is 0.708. The Bertz CT molecular complexity index is 1330. The third-order valence-electron chi connectivity index (χ3n) is 4.54. The molecule has 10 heteroatoms. The second kappa shape index (κ2) is 9.68. The summed E-state index contributed by atoms with van der Waals surface area (Å²) in [5.41, 5.74) is 3.19. The number of amides is 2. The topological polar surface area (TPSA) is 107 Å². The number of nitrogens with one attached hydrogen (secondary N) is 3. The fourth-order valence-electron chi connectivity index (χ4n) is 3.08. The number of carbonyl (C=O) groups excluding carboxylic acids is 1. The summed E-state index contributed by atoms with van der Waals surface area (Å²) in [6, 6.07) is 17.7. The average Bonchev–Trinajstić information content (AvgIpc) is 3.18. The first-order chi connectivity index (χ1) is 15.5. The molecule has 0 spiro atoms. The lowest BCUT2D eigenvalue weighted by Gasteiger charge is -2.12. The molecule has 2 amide bonds. The molecule has 8 nitrogen and oxygen atoms in total. The van der Waals surface area contributed by atoms with Crippen LogP contribution in [0.3, 0.4) is 0 Å². The van der Waals surface area contributed by atoms with Crippen molar-refractivity contribution in [2.45, 2.75) is 0 Å². The van der Waals surface area contributed by atoms with Crippen molar-refractivity contribution in [3.8, 4) is 17.3 Å². The van der Waals surface area contributed by atoms with Gasteiger partial charge in [-0.25, -0.2) is 9.78 Å². The van der Waals surface area contributed by atoms with E-state index in [-0.39, 0.29) is 6.03 Å². The number of rotatable bonds is 6. The van der Waals surface area contributed by atoms with Gasteiger partial charge >= 0.3 is 6.03 Å². The minimum Gasteiger partial charge on any atom is -0.368 e. The molecule has 0 saturated carbocycles. The molecule has 2 heterocycles. The van der Waals surface area contributed by atoms with E-state index in [4.69, 9.17) is 16.9 Å². The maximum absolute atomic E-state index is 12.1. The zero-order chi connectivity index (χ0) is 22.5. The van der Waals surface area contributed by atoms with Crippen LogP contribution in [0.15, 0.2) is 65.3 Å². The minimum absolute atomic E-state index is 0.359. The van der Waals surface area contributed by atoms with Crippen LogP contribution in [0.5, 0.6) is 0 Å². The Morgan fingerprint density at radius 1 is 1.16 bits per heavy atom. The summed E-state index contributed by atoms with van der Waals surface area (Å²) in [4.78, 5) is 16.8. The van der Waals surface area contributed by atoms with Gasteiger partial charge in [0, 0.05) is 35.4 Å². The van der Waals surface area contributed by atoms with Crippen molar-refractivity contribution in [2.75, 3.05) is 23.7 Å². The number of nitriles is 1. The predicted octanol–water partition coefficient (Wildman–Crippen LogP) is 4.92. The molecule has 4 rings (SSSR count). The Hall–Kier alpha value is -3.61. The number of anilines is 2. The molecule has 0 saturated heterocycles. The molecular weight excluding hydrogens is 494 g/mol. The van der Waals surface area contributed by atoms with E-state index in [9.17, 15) is 4.79 Å². The lowest BCUT2D eigenvalue weighted by Crippen LogP contribution is -2.32. The van der Waals surface area contributed by atoms with Gasteiger partial charge in [0.25, 0.3) is 0 Å². The molecule has 0 bridgehead atoms. The summed E-state index contributed by atoms with van der Waals surface area (Å²) in [6.07, 6.45) is 1.67. The van der Waals surface area contributed by atoms with Gasteiger partial charge in [-0.15, -0.1) is 0 Å². The highest BCUT2D eigenvalue weighted by Crippen LogP contribution is 2.30. The highest BCUT2D eigenvalue weighted by atomic mass is 79.9. The zero-order valence-electron chi connectivity index (χ0n) is 16.6. The van der Waals surface area contributed by atoms with Gasteiger partial charge in [0.15, 0.2) is 5.65 Å². The van der Waals surface area contributed by atoms with E-state index in [0.717, 1.165) is 10.0 Å². The molecule has 3 N–H and O–H groups in total. The quantitative estimate of drug-likeness (QED) is 0.319. The summed E-state index contributed by atoms with van der Waals surface area (Å²) in [7, 11) is 0. The predicted molar refractivity (Wildman–Crippen MR) is 128 cm³/mol. The van der Waals surface area contributed by atoms with Crippen LogP contribution in [0.4, 0.5) is 16.3 Å². The lowest BCUT2D eigenvalue weighted by atomic mass is 10.1. The second-order valence-corrected chi connectivity index (χ2v) is 8.00. The fourth-order valence-corrected chi connectivity index (χ4v) is 3.66. The number of nitrogens with zero attached hydrogens (tertiary/aromatic N) is 4. The molecule has 4 aromatic rings. The van der Waals surface area contributed by atoms with Gasteiger partial charge in [0.2, 0.25) is 0 Å². The molecule has 0 aliphatic rings. The Morgan fingerprint density at radius 2 is 2.00 bits per heavy atom. The number of aromatic nitrogens is 3. The molecule has 32 heavy (non-hydrogen) atoms. The third kappa shape index (κ3) is 4.82. The van der Waals surface area contributed by atoms with Crippen molar-refractivity contribution >= 4 is 50.7 Å². The monoisotopic (exact) mass is 509 g/mol. The summed E-state index contributed by atoms with van der Waals surface area (Å²) < 4.78 is 2.43. The Balaban J connectivity index is 1.43. The van der Waals surface area contributed by atoms with Crippen molar-refractivity contribution < 1.29 is 4.79 Å². The van der Waals surface area contributed by atoms with E-state index in [1.165, 1.54) is 0 Å². The maximum atomic E-state index is 12.1. The molecule has 0 atom stereocenters. The number of urea groups is 1. The number of hydrogen-bond acceptors (Lipinski definition) is 5. The van der Waals surface area contributed by atoms with Crippen LogP contribution in [-0.2, 0) is 0 Å². The van der Waals surface area contributed by atoms with Crippen LogP contribution in [0, 0.1) is 11.3 Å².